The van der Waals surface area contributed by atoms with Crippen LogP contribution in [0, 0.1) is 5.92 Å². The van der Waals surface area contributed by atoms with Gasteiger partial charge in [-0.05, 0) is 13.3 Å². The van der Waals surface area contributed by atoms with E-state index in [4.69, 9.17) is 5.11 Å². The summed E-state index contributed by atoms with van der Waals surface area (Å²) in [5, 5.41) is 8.55. The highest BCUT2D eigenvalue weighted by Gasteiger charge is 2.09. The normalized spacial score (nSPS) is 14.2. The molecular weight excluding hydrogens is 140 g/mol. The first-order chi connectivity index (χ1) is 5.07. The monoisotopic (exact) mass is 154 g/mol. The van der Waals surface area contributed by atoms with E-state index in [1.54, 1.807) is 13.0 Å². The summed E-state index contributed by atoms with van der Waals surface area (Å²) >= 11 is 0. The Morgan fingerprint density at radius 1 is 1.73 bits per heavy atom. The summed E-state index contributed by atoms with van der Waals surface area (Å²) in [6, 6.07) is 0. The van der Waals surface area contributed by atoms with Crippen molar-refractivity contribution < 1.29 is 9.90 Å². The number of carboxylic acid groups (broad SMARTS) is 1. The van der Waals surface area contributed by atoms with Crippen molar-refractivity contribution in [3.05, 3.63) is 24.3 Å². The van der Waals surface area contributed by atoms with E-state index in [9.17, 15) is 4.79 Å². The van der Waals surface area contributed by atoms with Gasteiger partial charge in [-0.25, -0.2) is 0 Å². The molecule has 1 unspecified atom stereocenters. The van der Waals surface area contributed by atoms with Gasteiger partial charge in [-0.3, -0.25) is 4.79 Å². The van der Waals surface area contributed by atoms with Crippen molar-refractivity contribution in [2.24, 2.45) is 5.92 Å². The van der Waals surface area contributed by atoms with Gasteiger partial charge in [-0.1, -0.05) is 31.2 Å². The van der Waals surface area contributed by atoms with Crippen LogP contribution in [0.4, 0.5) is 0 Å². The molecule has 0 aromatic heterocycles. The Morgan fingerprint density at radius 2 is 2.27 bits per heavy atom. The third-order valence-corrected chi connectivity index (χ3v) is 1.45. The van der Waals surface area contributed by atoms with Crippen molar-refractivity contribution in [2.75, 3.05) is 0 Å². The van der Waals surface area contributed by atoms with Crippen molar-refractivity contribution in [3.8, 4) is 0 Å². The van der Waals surface area contributed by atoms with Gasteiger partial charge < -0.3 is 5.11 Å². The fourth-order valence-corrected chi connectivity index (χ4v) is 0.839. The highest BCUT2D eigenvalue weighted by atomic mass is 16.4. The molecule has 0 aliphatic heterocycles. The van der Waals surface area contributed by atoms with Gasteiger partial charge in [0.15, 0.2) is 0 Å². The van der Waals surface area contributed by atoms with Crippen LogP contribution < -0.4 is 0 Å². The molecule has 11 heavy (non-hydrogen) atoms. The summed E-state index contributed by atoms with van der Waals surface area (Å²) in [6.45, 7) is 7.13. The number of allylic oxidation sites excluding steroid dienone is 3. The summed E-state index contributed by atoms with van der Waals surface area (Å²) in [4.78, 5) is 10.4. The van der Waals surface area contributed by atoms with E-state index in [0.717, 1.165) is 5.57 Å². The minimum Gasteiger partial charge on any atom is -0.481 e. The molecular formula is C9H14O2. The lowest BCUT2D eigenvalue weighted by Gasteiger charge is -2.04. The average Bonchev–Trinajstić information content (AvgIpc) is 1.87. The molecule has 0 aliphatic carbocycles. The lowest BCUT2D eigenvalue weighted by Crippen LogP contribution is -2.09. The van der Waals surface area contributed by atoms with E-state index >= 15 is 0 Å². The van der Waals surface area contributed by atoms with E-state index < -0.39 is 5.97 Å². The van der Waals surface area contributed by atoms with Gasteiger partial charge in [0.1, 0.15) is 0 Å². The number of aliphatic carboxylic acids is 1. The molecule has 0 spiro atoms. The van der Waals surface area contributed by atoms with Crippen LogP contribution in [0.15, 0.2) is 24.3 Å². The zero-order valence-corrected chi connectivity index (χ0v) is 7.00. The lowest BCUT2D eigenvalue weighted by atomic mass is 10.0. The largest absolute Gasteiger partial charge is 0.481 e. The van der Waals surface area contributed by atoms with Crippen LogP contribution >= 0.6 is 0 Å². The minimum absolute atomic E-state index is 0.300. The molecule has 0 rings (SSSR count). The highest BCUT2D eigenvalue weighted by Crippen LogP contribution is 2.10. The Morgan fingerprint density at radius 3 is 2.64 bits per heavy atom. The van der Waals surface area contributed by atoms with E-state index in [1.807, 2.05) is 13.0 Å². The molecule has 0 aromatic rings. The first-order valence-electron chi connectivity index (χ1n) is 3.59. The fraction of sp³-hybridized carbons (Fsp3) is 0.444. The topological polar surface area (TPSA) is 37.3 Å². The number of carboxylic acids is 1. The van der Waals surface area contributed by atoms with Crippen LogP contribution in [0.5, 0.6) is 0 Å². The molecule has 2 nitrogen and oxygen atoms in total. The molecule has 2 heteroatoms. The molecule has 0 fully saturated rings. The van der Waals surface area contributed by atoms with E-state index in [1.165, 1.54) is 0 Å². The van der Waals surface area contributed by atoms with Crippen LogP contribution in [0.3, 0.4) is 0 Å². The molecule has 0 radical (unpaired) electrons. The number of carbonyl (C=O) groups is 1. The summed E-state index contributed by atoms with van der Waals surface area (Å²) in [6.07, 6.45) is 4.10. The standard InChI is InChI=1S/C9H14O2/c1-4-5-7(2)6-8(3)9(10)11/h4-5,8H,1,6H2,2-3H3,(H,10,11). The zero-order valence-electron chi connectivity index (χ0n) is 7.00. The van der Waals surface area contributed by atoms with Crippen LogP contribution in [0.25, 0.3) is 0 Å². The number of hydrogen-bond acceptors (Lipinski definition) is 1. The van der Waals surface area contributed by atoms with Crippen LogP contribution in [-0.2, 0) is 4.79 Å². The Labute approximate surface area is 67.2 Å². The van der Waals surface area contributed by atoms with E-state index in [2.05, 4.69) is 6.58 Å². The highest BCUT2D eigenvalue weighted by molar-refractivity contribution is 5.69. The van der Waals surface area contributed by atoms with Crippen LogP contribution in [-0.4, -0.2) is 11.1 Å². The van der Waals surface area contributed by atoms with Crippen molar-refractivity contribution in [1.29, 1.82) is 0 Å². The second-order valence-electron chi connectivity index (χ2n) is 2.69. The first-order valence-corrected chi connectivity index (χ1v) is 3.59. The second kappa shape index (κ2) is 4.72. The molecule has 1 atom stereocenters. The Bertz CT molecular complexity index is 180. The fourth-order valence-electron chi connectivity index (χ4n) is 0.839. The smallest absolute Gasteiger partial charge is 0.306 e. The van der Waals surface area contributed by atoms with Crippen molar-refractivity contribution in [3.63, 3.8) is 0 Å². The molecule has 62 valence electrons. The number of rotatable bonds is 4. The van der Waals surface area contributed by atoms with Crippen LogP contribution in [0.2, 0.25) is 0 Å². The van der Waals surface area contributed by atoms with Crippen molar-refractivity contribution in [2.45, 2.75) is 20.3 Å². The molecule has 0 bridgehead atoms. The maximum Gasteiger partial charge on any atom is 0.306 e. The number of hydrogen-bond donors (Lipinski definition) is 1. The first kappa shape index (κ1) is 9.95. The van der Waals surface area contributed by atoms with Gasteiger partial charge in [0.05, 0.1) is 5.92 Å². The van der Waals surface area contributed by atoms with Gasteiger partial charge in [0, 0.05) is 0 Å². The SMILES string of the molecule is C=CC=C(C)CC(C)C(=O)O. The van der Waals surface area contributed by atoms with Gasteiger partial charge >= 0.3 is 5.97 Å². The predicted molar refractivity (Wildman–Crippen MR) is 45.4 cm³/mol. The Hall–Kier alpha value is -1.05. The average molecular weight is 154 g/mol. The molecule has 0 saturated heterocycles. The molecule has 0 saturated carbocycles. The minimum atomic E-state index is -0.748. The lowest BCUT2D eigenvalue weighted by molar-refractivity contribution is -0.141. The molecule has 0 amide bonds. The summed E-state index contributed by atoms with van der Waals surface area (Å²) in [7, 11) is 0. The molecule has 0 aromatic carbocycles. The zero-order chi connectivity index (χ0) is 8.85. The summed E-state index contributed by atoms with van der Waals surface area (Å²) < 4.78 is 0. The van der Waals surface area contributed by atoms with Gasteiger partial charge in [-0.15, -0.1) is 0 Å². The molecule has 0 aliphatic rings. The second-order valence-corrected chi connectivity index (χ2v) is 2.69. The Kier molecular flexibility index (Phi) is 4.27. The third-order valence-electron chi connectivity index (χ3n) is 1.45. The summed E-state index contributed by atoms with van der Waals surface area (Å²) in [5.74, 6) is -1.05. The third kappa shape index (κ3) is 4.37. The molecule has 0 heterocycles. The van der Waals surface area contributed by atoms with Gasteiger partial charge in [-0.2, -0.15) is 0 Å². The van der Waals surface area contributed by atoms with Gasteiger partial charge in [0.25, 0.3) is 0 Å². The van der Waals surface area contributed by atoms with E-state index in [-0.39, 0.29) is 5.92 Å². The predicted octanol–water partition coefficient (Wildman–Crippen LogP) is 2.23. The molecule has 1 N–H and O–H groups in total. The van der Waals surface area contributed by atoms with E-state index in [0.29, 0.717) is 6.42 Å². The summed E-state index contributed by atoms with van der Waals surface area (Å²) in [5.41, 5.74) is 1.05. The van der Waals surface area contributed by atoms with Crippen molar-refractivity contribution in [1.82, 2.24) is 0 Å². The van der Waals surface area contributed by atoms with Crippen LogP contribution in [0.1, 0.15) is 20.3 Å². The quantitative estimate of drug-likeness (QED) is 0.630. The van der Waals surface area contributed by atoms with Gasteiger partial charge in [0.2, 0.25) is 0 Å². The van der Waals surface area contributed by atoms with Crippen molar-refractivity contribution >= 4 is 5.97 Å². The Balaban J connectivity index is 3.94. The maximum absolute atomic E-state index is 10.4. The maximum atomic E-state index is 10.4.